The molecule has 0 atom stereocenters. The summed E-state index contributed by atoms with van der Waals surface area (Å²) >= 11 is 0. The molecule has 1 aliphatic heterocycles. The van der Waals surface area contributed by atoms with Crippen LogP contribution in [0.1, 0.15) is 6.42 Å². The molecule has 3 nitrogen and oxygen atoms in total. The lowest BCUT2D eigenvalue weighted by Gasteiger charge is -2.13. The molecule has 0 aromatic carbocycles. The number of halogens is 3. The third kappa shape index (κ3) is 2.21. The van der Waals surface area contributed by atoms with Gasteiger partial charge in [-0.05, 0) is 0 Å². The van der Waals surface area contributed by atoms with Gasteiger partial charge in [-0.2, -0.15) is 18.3 Å². The molecule has 0 saturated carbocycles. The van der Waals surface area contributed by atoms with Crippen LogP contribution in [-0.4, -0.2) is 29.9 Å². The van der Waals surface area contributed by atoms with E-state index in [9.17, 15) is 18.0 Å². The van der Waals surface area contributed by atoms with E-state index in [2.05, 4.69) is 5.10 Å². The van der Waals surface area contributed by atoms with E-state index in [1.54, 1.807) is 0 Å². The predicted molar refractivity (Wildman–Crippen MR) is 30.9 cm³/mol. The number of nitrogens with zero attached hydrogens (tertiary/aromatic N) is 2. The minimum Gasteiger partial charge on any atom is -0.273 e. The molecule has 1 heterocycles. The largest absolute Gasteiger partial charge is 0.408 e. The smallest absolute Gasteiger partial charge is 0.273 e. The fourth-order valence-corrected chi connectivity index (χ4v) is 0.686. The summed E-state index contributed by atoms with van der Waals surface area (Å²) in [4.78, 5) is 10.6. The van der Waals surface area contributed by atoms with E-state index < -0.39 is 18.6 Å². The summed E-state index contributed by atoms with van der Waals surface area (Å²) in [6, 6.07) is 0. The standard InChI is InChI=1S/C5H5F3N2O/c6-5(7,8)3-10-4(11)1-2-9-10/h2H,1,3H2. The van der Waals surface area contributed by atoms with Crippen molar-refractivity contribution in [2.45, 2.75) is 12.6 Å². The van der Waals surface area contributed by atoms with Gasteiger partial charge in [0.05, 0.1) is 6.42 Å². The fourth-order valence-electron chi connectivity index (χ4n) is 0.686. The Balaban J connectivity index is 2.50. The van der Waals surface area contributed by atoms with E-state index in [0.29, 0.717) is 5.01 Å². The van der Waals surface area contributed by atoms with E-state index in [4.69, 9.17) is 0 Å². The van der Waals surface area contributed by atoms with E-state index in [0.717, 1.165) is 6.21 Å². The molecule has 0 saturated heterocycles. The van der Waals surface area contributed by atoms with Crippen molar-refractivity contribution < 1.29 is 18.0 Å². The van der Waals surface area contributed by atoms with Crippen molar-refractivity contribution in [1.29, 1.82) is 0 Å². The monoisotopic (exact) mass is 166 g/mol. The van der Waals surface area contributed by atoms with Crippen LogP contribution in [0.25, 0.3) is 0 Å². The van der Waals surface area contributed by atoms with Crippen LogP contribution in [0.15, 0.2) is 5.10 Å². The predicted octanol–water partition coefficient (Wildman–Crippen LogP) is 0.767. The molecule has 1 amide bonds. The highest BCUT2D eigenvalue weighted by Gasteiger charge is 2.34. The SMILES string of the molecule is O=C1CC=NN1CC(F)(F)F. The number of hydrogen-bond donors (Lipinski definition) is 0. The van der Waals surface area contributed by atoms with Crippen LogP contribution in [0.2, 0.25) is 0 Å². The van der Waals surface area contributed by atoms with Gasteiger partial charge in [0.2, 0.25) is 5.91 Å². The molecule has 0 N–H and O–H groups in total. The molecule has 0 aromatic heterocycles. The van der Waals surface area contributed by atoms with Gasteiger partial charge in [0.1, 0.15) is 6.54 Å². The van der Waals surface area contributed by atoms with Crippen molar-refractivity contribution in [2.75, 3.05) is 6.54 Å². The van der Waals surface area contributed by atoms with Gasteiger partial charge < -0.3 is 0 Å². The van der Waals surface area contributed by atoms with E-state index in [1.165, 1.54) is 0 Å². The van der Waals surface area contributed by atoms with Crippen LogP contribution in [-0.2, 0) is 4.79 Å². The highest BCUT2D eigenvalue weighted by Crippen LogP contribution is 2.18. The maximum Gasteiger partial charge on any atom is 0.408 e. The summed E-state index contributed by atoms with van der Waals surface area (Å²) in [6.45, 7) is -1.29. The Morgan fingerprint density at radius 3 is 2.64 bits per heavy atom. The van der Waals surface area contributed by atoms with Crippen molar-refractivity contribution in [2.24, 2.45) is 5.10 Å². The molecule has 0 radical (unpaired) electrons. The zero-order chi connectivity index (χ0) is 8.48. The summed E-state index contributed by atoms with van der Waals surface area (Å²) in [5.41, 5.74) is 0. The van der Waals surface area contributed by atoms with Crippen LogP contribution in [0.3, 0.4) is 0 Å². The Morgan fingerprint density at radius 2 is 2.27 bits per heavy atom. The molecule has 11 heavy (non-hydrogen) atoms. The van der Waals surface area contributed by atoms with Crippen LogP contribution < -0.4 is 0 Å². The number of carbonyl (C=O) groups is 1. The van der Waals surface area contributed by atoms with Crippen molar-refractivity contribution >= 4 is 12.1 Å². The summed E-state index contributed by atoms with van der Waals surface area (Å²) in [6.07, 6.45) is -3.23. The summed E-state index contributed by atoms with van der Waals surface area (Å²) in [7, 11) is 0. The van der Waals surface area contributed by atoms with Gasteiger partial charge >= 0.3 is 6.18 Å². The Kier molecular flexibility index (Phi) is 1.84. The van der Waals surface area contributed by atoms with Crippen LogP contribution >= 0.6 is 0 Å². The van der Waals surface area contributed by atoms with Crippen LogP contribution in [0.4, 0.5) is 13.2 Å². The molecular weight excluding hydrogens is 161 g/mol. The summed E-state index contributed by atoms with van der Waals surface area (Å²) < 4.78 is 34.8. The Labute approximate surface area is 60.5 Å². The summed E-state index contributed by atoms with van der Waals surface area (Å²) in [5.74, 6) is -0.609. The normalized spacial score (nSPS) is 18.1. The molecule has 0 unspecified atom stereocenters. The zero-order valence-corrected chi connectivity index (χ0v) is 5.43. The number of rotatable bonds is 1. The van der Waals surface area contributed by atoms with Crippen molar-refractivity contribution in [3.8, 4) is 0 Å². The highest BCUT2D eigenvalue weighted by atomic mass is 19.4. The van der Waals surface area contributed by atoms with E-state index >= 15 is 0 Å². The Bertz CT molecular complexity index is 198. The molecule has 0 fully saturated rings. The minimum atomic E-state index is -4.36. The van der Waals surface area contributed by atoms with E-state index in [-0.39, 0.29) is 6.42 Å². The van der Waals surface area contributed by atoms with Gasteiger partial charge in [-0.25, -0.2) is 5.01 Å². The number of hydrazone groups is 1. The lowest BCUT2D eigenvalue weighted by atomic mass is 10.4. The van der Waals surface area contributed by atoms with Gasteiger partial charge in [-0.3, -0.25) is 4.79 Å². The third-order valence-corrected chi connectivity index (χ3v) is 1.10. The Hall–Kier alpha value is -1.07. The van der Waals surface area contributed by atoms with Gasteiger partial charge in [0, 0.05) is 6.21 Å². The quantitative estimate of drug-likeness (QED) is 0.566. The second-order valence-corrected chi connectivity index (χ2v) is 2.07. The first kappa shape index (κ1) is 8.03. The number of hydrogen-bond acceptors (Lipinski definition) is 2. The molecule has 62 valence electrons. The van der Waals surface area contributed by atoms with Gasteiger partial charge in [-0.1, -0.05) is 0 Å². The first-order chi connectivity index (χ1) is 4.99. The van der Waals surface area contributed by atoms with Crippen LogP contribution in [0, 0.1) is 0 Å². The Morgan fingerprint density at radius 1 is 1.64 bits per heavy atom. The van der Waals surface area contributed by atoms with Gasteiger partial charge in [-0.15, -0.1) is 0 Å². The lowest BCUT2D eigenvalue weighted by molar-refractivity contribution is -0.159. The average molecular weight is 166 g/mol. The van der Waals surface area contributed by atoms with Crippen molar-refractivity contribution in [1.82, 2.24) is 5.01 Å². The van der Waals surface area contributed by atoms with Gasteiger partial charge in [0.15, 0.2) is 0 Å². The minimum absolute atomic E-state index is 0.0317. The molecule has 6 heteroatoms. The summed E-state index contributed by atoms with van der Waals surface area (Å²) in [5, 5.41) is 3.66. The molecule has 1 rings (SSSR count). The molecule has 0 aliphatic carbocycles. The molecule has 1 aliphatic rings. The first-order valence-corrected chi connectivity index (χ1v) is 2.88. The fraction of sp³-hybridized carbons (Fsp3) is 0.600. The lowest BCUT2D eigenvalue weighted by Crippen LogP contribution is -2.32. The molecular formula is C5H5F3N2O. The molecule has 0 spiro atoms. The maximum atomic E-state index is 11.6. The van der Waals surface area contributed by atoms with Gasteiger partial charge in [0.25, 0.3) is 0 Å². The first-order valence-electron chi connectivity index (χ1n) is 2.88. The zero-order valence-electron chi connectivity index (χ0n) is 5.43. The second-order valence-electron chi connectivity index (χ2n) is 2.07. The highest BCUT2D eigenvalue weighted by molar-refractivity contribution is 5.93. The number of carbonyl (C=O) groups excluding carboxylic acids is 1. The number of alkyl halides is 3. The average Bonchev–Trinajstić information content (AvgIpc) is 2.12. The third-order valence-electron chi connectivity index (χ3n) is 1.10. The maximum absolute atomic E-state index is 11.6. The van der Waals surface area contributed by atoms with Crippen molar-refractivity contribution in [3.63, 3.8) is 0 Å². The molecule has 0 bridgehead atoms. The van der Waals surface area contributed by atoms with E-state index in [1.807, 2.05) is 0 Å². The van der Waals surface area contributed by atoms with Crippen molar-refractivity contribution in [3.05, 3.63) is 0 Å². The number of amides is 1. The molecule has 0 aromatic rings. The second kappa shape index (κ2) is 2.52. The topological polar surface area (TPSA) is 32.7 Å². The van der Waals surface area contributed by atoms with Crippen LogP contribution in [0.5, 0.6) is 0 Å².